The fourth-order valence-corrected chi connectivity index (χ4v) is 7.25. The fourth-order valence-electron chi connectivity index (χ4n) is 7.25. The summed E-state index contributed by atoms with van der Waals surface area (Å²) in [5, 5.41) is 20.9. The molecule has 6 aromatic rings. The Bertz CT molecular complexity index is 2250. The second-order valence-electron chi connectivity index (χ2n) is 14.3. The number of hydrogen-bond acceptors (Lipinski definition) is 8. The Morgan fingerprint density at radius 2 is 0.947 bits per heavy atom. The van der Waals surface area contributed by atoms with E-state index in [1.807, 2.05) is 36.4 Å². The maximum absolute atomic E-state index is 13.2. The van der Waals surface area contributed by atoms with Gasteiger partial charge in [-0.1, -0.05) is 24.3 Å². The maximum atomic E-state index is 13.2. The highest BCUT2D eigenvalue weighted by Crippen LogP contribution is 2.38. The highest BCUT2D eigenvalue weighted by atomic mass is 19.4. The lowest BCUT2D eigenvalue weighted by Gasteiger charge is -2.28. The maximum Gasteiger partial charge on any atom is 0.416 e. The lowest BCUT2D eigenvalue weighted by Crippen LogP contribution is -2.29. The van der Waals surface area contributed by atoms with Crippen molar-refractivity contribution in [2.75, 3.05) is 33.2 Å². The molecule has 2 saturated heterocycles. The summed E-state index contributed by atoms with van der Waals surface area (Å²) >= 11 is 0. The zero-order valence-corrected chi connectivity index (χ0v) is 31.1. The number of hydrogen-bond donors (Lipinski definition) is 1. The standard InChI is InChI=1S/C22H21F3N4.C21H19F3N4/c1-29-11-7-16(8-12-29)20-14-19(15-5-9-26-10-6-15)21(28-27-20)17-3-2-4-18(13-17)22(23,24)25;22-21(23,24)17-3-1-2-16(12-17)20-18(14-4-8-25-9-5-14)13-19(27-28-20)15-6-10-26-11-7-15/h2-6,9-10,13-14,16H,7-8,11-12H2,1H3;1-5,8-9,12-13,15,26H,6-7,10-11H2. The van der Waals surface area contributed by atoms with Gasteiger partial charge < -0.3 is 10.2 Å². The molecule has 1 N–H and O–H groups in total. The zero-order valence-electron chi connectivity index (χ0n) is 31.1. The smallest absolute Gasteiger partial charge is 0.317 e. The van der Waals surface area contributed by atoms with Crippen molar-refractivity contribution in [1.82, 2.24) is 40.6 Å². The molecule has 0 radical (unpaired) electrons. The molecule has 294 valence electrons. The third kappa shape index (κ3) is 9.69. The van der Waals surface area contributed by atoms with Crippen molar-refractivity contribution >= 4 is 0 Å². The summed E-state index contributed by atoms with van der Waals surface area (Å²) in [6.45, 7) is 3.83. The molecule has 2 aliphatic heterocycles. The monoisotopic (exact) mass is 782 g/mol. The van der Waals surface area contributed by atoms with Gasteiger partial charge >= 0.3 is 12.4 Å². The molecular formula is C43H40F6N8. The number of benzene rings is 2. The lowest BCUT2D eigenvalue weighted by atomic mass is 9.91. The lowest BCUT2D eigenvalue weighted by molar-refractivity contribution is -0.138. The molecule has 4 aromatic heterocycles. The molecule has 0 aliphatic carbocycles. The summed E-state index contributed by atoms with van der Waals surface area (Å²) in [4.78, 5) is 10.4. The van der Waals surface area contributed by atoms with Gasteiger partial charge in [0.2, 0.25) is 0 Å². The summed E-state index contributed by atoms with van der Waals surface area (Å²) in [5.41, 5.74) is 5.30. The number of rotatable bonds is 6. The van der Waals surface area contributed by atoms with Crippen LogP contribution in [0.25, 0.3) is 44.8 Å². The van der Waals surface area contributed by atoms with Crippen LogP contribution in [0.1, 0.15) is 60.0 Å². The Kier molecular flexibility index (Phi) is 12.0. The van der Waals surface area contributed by atoms with Crippen LogP contribution in [0.2, 0.25) is 0 Å². The Labute approximate surface area is 326 Å². The van der Waals surface area contributed by atoms with E-state index >= 15 is 0 Å². The average Bonchev–Trinajstić information content (AvgIpc) is 3.24. The van der Waals surface area contributed by atoms with Crippen molar-refractivity contribution < 1.29 is 26.3 Å². The Hall–Kier alpha value is -5.60. The second-order valence-corrected chi connectivity index (χ2v) is 14.3. The van der Waals surface area contributed by atoms with Crippen LogP contribution in [0, 0.1) is 0 Å². The van der Waals surface area contributed by atoms with E-state index in [4.69, 9.17) is 0 Å². The van der Waals surface area contributed by atoms with Crippen LogP contribution in [-0.4, -0.2) is 68.5 Å². The highest BCUT2D eigenvalue weighted by Gasteiger charge is 2.32. The molecule has 2 fully saturated rings. The summed E-state index contributed by atoms with van der Waals surface area (Å²) in [5.74, 6) is 0.597. The number of halogens is 6. The van der Waals surface area contributed by atoms with E-state index in [0.29, 0.717) is 34.4 Å². The zero-order chi connectivity index (χ0) is 40.0. The minimum atomic E-state index is -4.41. The molecular weight excluding hydrogens is 743 g/mol. The van der Waals surface area contributed by atoms with E-state index in [2.05, 4.69) is 47.6 Å². The average molecular weight is 783 g/mol. The largest absolute Gasteiger partial charge is 0.416 e. The molecule has 2 aliphatic rings. The van der Waals surface area contributed by atoms with E-state index < -0.39 is 23.5 Å². The van der Waals surface area contributed by atoms with Gasteiger partial charge in [0.25, 0.3) is 0 Å². The van der Waals surface area contributed by atoms with Crippen molar-refractivity contribution in [2.24, 2.45) is 0 Å². The number of aromatic nitrogens is 6. The summed E-state index contributed by atoms with van der Waals surface area (Å²) in [6.07, 6.45) is 1.76. The van der Waals surface area contributed by atoms with Crippen molar-refractivity contribution in [2.45, 2.75) is 49.9 Å². The van der Waals surface area contributed by atoms with Gasteiger partial charge in [-0.25, -0.2) is 0 Å². The second kappa shape index (κ2) is 17.3. The molecule has 0 bridgehead atoms. The molecule has 2 aromatic carbocycles. The van der Waals surface area contributed by atoms with Gasteiger partial charge in [0.1, 0.15) is 11.4 Å². The van der Waals surface area contributed by atoms with Crippen molar-refractivity contribution in [3.05, 3.63) is 132 Å². The number of alkyl halides is 6. The minimum absolute atomic E-state index is 0.296. The van der Waals surface area contributed by atoms with E-state index in [1.165, 1.54) is 12.1 Å². The third-order valence-corrected chi connectivity index (χ3v) is 10.4. The molecule has 0 amide bonds. The Morgan fingerprint density at radius 3 is 1.37 bits per heavy atom. The third-order valence-electron chi connectivity index (χ3n) is 10.4. The minimum Gasteiger partial charge on any atom is -0.317 e. The Balaban J connectivity index is 0.000000174. The van der Waals surface area contributed by atoms with Crippen LogP contribution in [0.5, 0.6) is 0 Å². The number of pyridine rings is 2. The van der Waals surface area contributed by atoms with Gasteiger partial charge in [0.05, 0.1) is 22.5 Å². The van der Waals surface area contributed by atoms with Crippen LogP contribution in [0.3, 0.4) is 0 Å². The molecule has 0 spiro atoms. The van der Waals surface area contributed by atoms with Crippen molar-refractivity contribution in [1.29, 1.82) is 0 Å². The van der Waals surface area contributed by atoms with E-state index in [1.54, 1.807) is 36.9 Å². The van der Waals surface area contributed by atoms with Crippen molar-refractivity contribution in [3.8, 4) is 44.8 Å². The SMILES string of the molecule is CN1CCC(c2cc(-c3ccncc3)c(-c3cccc(C(F)(F)F)c3)nn2)CC1.FC(F)(F)c1cccc(-c2nnc(C3CCNCC3)cc2-c2ccncc2)c1. The van der Waals surface area contributed by atoms with Crippen molar-refractivity contribution in [3.63, 3.8) is 0 Å². The van der Waals surface area contributed by atoms with E-state index in [-0.39, 0.29) is 0 Å². The van der Waals surface area contributed by atoms with Crippen LogP contribution >= 0.6 is 0 Å². The first-order valence-corrected chi connectivity index (χ1v) is 18.7. The van der Waals surface area contributed by atoms with Gasteiger partial charge in [-0.3, -0.25) is 9.97 Å². The van der Waals surface area contributed by atoms with Crippen LogP contribution in [-0.2, 0) is 12.4 Å². The highest BCUT2D eigenvalue weighted by molar-refractivity contribution is 5.81. The van der Waals surface area contributed by atoms with Crippen LogP contribution < -0.4 is 5.32 Å². The predicted molar refractivity (Wildman–Crippen MR) is 206 cm³/mol. The van der Waals surface area contributed by atoms with Gasteiger partial charge in [-0.15, -0.1) is 10.2 Å². The molecule has 0 saturated carbocycles. The number of nitrogens with one attached hydrogen (secondary N) is 1. The van der Waals surface area contributed by atoms with E-state index in [0.717, 1.165) is 110 Å². The first-order chi connectivity index (χ1) is 27.4. The topological polar surface area (TPSA) is 92.6 Å². The quantitative estimate of drug-likeness (QED) is 0.167. The van der Waals surface area contributed by atoms with E-state index in [9.17, 15) is 26.3 Å². The predicted octanol–water partition coefficient (Wildman–Crippen LogP) is 9.72. The molecule has 0 unspecified atom stereocenters. The van der Waals surface area contributed by atoms with Crippen LogP contribution in [0.15, 0.2) is 110 Å². The summed E-state index contributed by atoms with van der Waals surface area (Å²) < 4.78 is 79.1. The molecule has 14 heteroatoms. The molecule has 8 nitrogen and oxygen atoms in total. The molecule has 57 heavy (non-hydrogen) atoms. The molecule has 8 rings (SSSR count). The number of likely N-dealkylation sites (tertiary alicyclic amines) is 1. The Morgan fingerprint density at radius 1 is 0.526 bits per heavy atom. The fraction of sp³-hybridized carbons (Fsp3) is 0.302. The van der Waals surface area contributed by atoms with Gasteiger partial charge in [0, 0.05) is 58.9 Å². The molecule has 0 atom stereocenters. The number of piperidine rings is 2. The number of nitrogens with zero attached hydrogens (tertiary/aromatic N) is 7. The van der Waals surface area contributed by atoms with Crippen LogP contribution in [0.4, 0.5) is 26.3 Å². The first-order valence-electron chi connectivity index (χ1n) is 18.7. The molecule has 6 heterocycles. The van der Waals surface area contributed by atoms with Gasteiger partial charge in [-0.2, -0.15) is 36.5 Å². The summed E-state index contributed by atoms with van der Waals surface area (Å²) in [7, 11) is 2.10. The first kappa shape index (κ1) is 39.6. The summed E-state index contributed by atoms with van der Waals surface area (Å²) in [6, 6.07) is 21.7. The van der Waals surface area contributed by atoms with Gasteiger partial charge in [-0.05, 0) is 131 Å². The normalized spacial score (nSPS) is 15.8. The van der Waals surface area contributed by atoms with Gasteiger partial charge in [0.15, 0.2) is 0 Å².